The van der Waals surface area contributed by atoms with Crippen LogP contribution in [-0.2, 0) is 19.1 Å². The lowest BCUT2D eigenvalue weighted by molar-refractivity contribution is -0.156. The van der Waals surface area contributed by atoms with Gasteiger partial charge in [0.2, 0.25) is 11.8 Å². The number of imidazole rings is 1. The molecule has 1 fully saturated rings. The number of para-hydroxylation sites is 2. The van der Waals surface area contributed by atoms with Crippen molar-refractivity contribution in [2.24, 2.45) is 0 Å². The van der Waals surface area contributed by atoms with Gasteiger partial charge in [-0.15, -0.1) is 0 Å². The van der Waals surface area contributed by atoms with Gasteiger partial charge in [-0.05, 0) is 26.0 Å². The number of rotatable bonds is 4. The summed E-state index contributed by atoms with van der Waals surface area (Å²) in [5, 5.41) is 0. The number of hydrogen-bond donors (Lipinski definition) is 0. The van der Waals surface area contributed by atoms with E-state index >= 15 is 0 Å². The lowest BCUT2D eigenvalue weighted by Gasteiger charge is -2.39. The average Bonchev–Trinajstić information content (AvgIpc) is 3.08. The second-order valence-electron chi connectivity index (χ2n) is 6.36. The number of ether oxygens (including phenoxy) is 1. The quantitative estimate of drug-likeness (QED) is 0.756. The summed E-state index contributed by atoms with van der Waals surface area (Å²) in [6.45, 7) is 4.07. The first-order valence-corrected chi connectivity index (χ1v) is 8.51. The molecule has 0 spiro atoms. The smallest absolute Gasteiger partial charge is 0.325 e. The van der Waals surface area contributed by atoms with Crippen molar-refractivity contribution >= 4 is 28.8 Å². The zero-order valence-corrected chi connectivity index (χ0v) is 15.1. The van der Waals surface area contributed by atoms with Gasteiger partial charge in [0.25, 0.3) is 0 Å². The van der Waals surface area contributed by atoms with Crippen LogP contribution in [0.15, 0.2) is 30.6 Å². The van der Waals surface area contributed by atoms with Crippen LogP contribution in [0.1, 0.15) is 19.9 Å². The van der Waals surface area contributed by atoms with Crippen molar-refractivity contribution in [2.45, 2.75) is 25.9 Å². The van der Waals surface area contributed by atoms with Crippen LogP contribution >= 0.6 is 0 Å². The normalized spacial score (nSPS) is 18.9. The predicted molar refractivity (Wildman–Crippen MR) is 94.2 cm³/mol. The first kappa shape index (κ1) is 17.9. The Morgan fingerprint density at radius 2 is 2.04 bits per heavy atom. The number of amides is 2. The monoisotopic (exact) mass is 358 g/mol. The molecule has 138 valence electrons. The van der Waals surface area contributed by atoms with Crippen molar-refractivity contribution in [1.29, 1.82) is 0 Å². The molecule has 2 heterocycles. The molecule has 0 unspecified atom stereocenters. The SMILES string of the molecule is COC(=O)CN1CCN(C(=O)[C@H](C)n2cnc3ccccc32)[C@@H](C)C1=O. The summed E-state index contributed by atoms with van der Waals surface area (Å²) in [6, 6.07) is 6.49. The summed E-state index contributed by atoms with van der Waals surface area (Å²) in [6.07, 6.45) is 1.65. The highest BCUT2D eigenvalue weighted by molar-refractivity contribution is 5.92. The Labute approximate surface area is 151 Å². The number of nitrogens with zero attached hydrogens (tertiary/aromatic N) is 4. The first-order valence-electron chi connectivity index (χ1n) is 8.51. The topological polar surface area (TPSA) is 84.7 Å². The molecule has 26 heavy (non-hydrogen) atoms. The first-order chi connectivity index (χ1) is 12.4. The van der Waals surface area contributed by atoms with Gasteiger partial charge in [-0.2, -0.15) is 0 Å². The fraction of sp³-hybridized carbons (Fsp3) is 0.444. The standard InChI is InChI=1S/C18H22N4O4/c1-12-17(24)20(10-16(23)26-3)8-9-21(12)18(25)13(2)22-11-19-14-6-4-5-7-15(14)22/h4-7,11-13H,8-10H2,1-3H3/t12-,13-/m0/s1. The number of carbonyl (C=O) groups excluding carboxylic acids is 3. The molecule has 0 saturated carbocycles. The zero-order chi connectivity index (χ0) is 18.8. The third-order valence-electron chi connectivity index (χ3n) is 4.83. The minimum absolute atomic E-state index is 0.0938. The number of carbonyl (C=O) groups is 3. The maximum atomic E-state index is 13.0. The molecule has 1 saturated heterocycles. The van der Waals surface area contributed by atoms with Crippen LogP contribution in [-0.4, -0.2) is 69.9 Å². The molecule has 0 radical (unpaired) electrons. The van der Waals surface area contributed by atoms with Crippen LogP contribution in [0.5, 0.6) is 0 Å². The molecule has 2 atom stereocenters. The lowest BCUT2D eigenvalue weighted by Crippen LogP contribution is -2.59. The molecule has 0 aliphatic carbocycles. The lowest BCUT2D eigenvalue weighted by atomic mass is 10.1. The van der Waals surface area contributed by atoms with Gasteiger partial charge in [-0.3, -0.25) is 14.4 Å². The molecule has 1 aromatic carbocycles. The number of benzene rings is 1. The van der Waals surface area contributed by atoms with Gasteiger partial charge >= 0.3 is 5.97 Å². The molecule has 3 rings (SSSR count). The number of methoxy groups -OCH3 is 1. The molecule has 8 nitrogen and oxygen atoms in total. The van der Waals surface area contributed by atoms with E-state index in [1.165, 1.54) is 12.0 Å². The van der Waals surface area contributed by atoms with Gasteiger partial charge in [0, 0.05) is 13.1 Å². The molecule has 2 aromatic rings. The Morgan fingerprint density at radius 3 is 2.77 bits per heavy atom. The van der Waals surface area contributed by atoms with E-state index in [9.17, 15) is 14.4 Å². The summed E-state index contributed by atoms with van der Waals surface area (Å²) in [4.78, 5) is 44.3. The van der Waals surface area contributed by atoms with Crippen LogP contribution in [0.3, 0.4) is 0 Å². The number of aromatic nitrogens is 2. The van der Waals surface area contributed by atoms with E-state index in [4.69, 9.17) is 0 Å². The Balaban J connectivity index is 1.76. The molecule has 0 bridgehead atoms. The van der Waals surface area contributed by atoms with E-state index in [1.54, 1.807) is 25.1 Å². The molecule has 1 aliphatic heterocycles. The van der Waals surface area contributed by atoms with Crippen LogP contribution in [0, 0.1) is 0 Å². The Hall–Kier alpha value is -2.90. The van der Waals surface area contributed by atoms with Crippen molar-refractivity contribution in [3.05, 3.63) is 30.6 Å². The summed E-state index contributed by atoms with van der Waals surface area (Å²) in [5.41, 5.74) is 1.69. The van der Waals surface area contributed by atoms with E-state index in [0.717, 1.165) is 11.0 Å². The highest BCUT2D eigenvalue weighted by Crippen LogP contribution is 2.21. The van der Waals surface area contributed by atoms with E-state index in [-0.39, 0.29) is 18.4 Å². The summed E-state index contributed by atoms with van der Waals surface area (Å²) in [5.74, 6) is -0.868. The van der Waals surface area contributed by atoms with Gasteiger partial charge in [0.05, 0.1) is 24.5 Å². The molecule has 8 heteroatoms. The van der Waals surface area contributed by atoms with Crippen molar-refractivity contribution in [3.8, 4) is 0 Å². The van der Waals surface area contributed by atoms with E-state index in [0.29, 0.717) is 13.1 Å². The molecular formula is C18H22N4O4. The van der Waals surface area contributed by atoms with Crippen molar-refractivity contribution in [1.82, 2.24) is 19.4 Å². The number of hydrogen-bond acceptors (Lipinski definition) is 5. The predicted octanol–water partition coefficient (Wildman–Crippen LogP) is 0.830. The Kier molecular flexibility index (Phi) is 4.92. The Morgan fingerprint density at radius 1 is 1.31 bits per heavy atom. The molecule has 1 aliphatic rings. The minimum Gasteiger partial charge on any atom is -0.468 e. The van der Waals surface area contributed by atoms with E-state index in [1.807, 2.05) is 28.8 Å². The summed E-state index contributed by atoms with van der Waals surface area (Å²) >= 11 is 0. The Bertz CT molecular complexity index is 847. The van der Waals surface area contributed by atoms with Crippen LogP contribution < -0.4 is 0 Å². The number of esters is 1. The van der Waals surface area contributed by atoms with Crippen LogP contribution in [0.4, 0.5) is 0 Å². The number of piperazine rings is 1. The second kappa shape index (κ2) is 7.15. The summed E-state index contributed by atoms with van der Waals surface area (Å²) < 4.78 is 6.43. The second-order valence-corrected chi connectivity index (χ2v) is 6.36. The van der Waals surface area contributed by atoms with Crippen molar-refractivity contribution in [3.63, 3.8) is 0 Å². The van der Waals surface area contributed by atoms with E-state index < -0.39 is 18.1 Å². The fourth-order valence-electron chi connectivity index (χ4n) is 3.25. The minimum atomic E-state index is -0.627. The van der Waals surface area contributed by atoms with Gasteiger partial charge in [-0.25, -0.2) is 4.98 Å². The number of fused-ring (bicyclic) bond motifs is 1. The van der Waals surface area contributed by atoms with Gasteiger partial charge < -0.3 is 19.1 Å². The molecular weight excluding hydrogens is 336 g/mol. The third-order valence-corrected chi connectivity index (χ3v) is 4.83. The van der Waals surface area contributed by atoms with Crippen LogP contribution in [0.2, 0.25) is 0 Å². The van der Waals surface area contributed by atoms with Crippen molar-refractivity contribution < 1.29 is 19.1 Å². The molecule has 1 aromatic heterocycles. The molecule has 0 N–H and O–H groups in total. The average molecular weight is 358 g/mol. The maximum Gasteiger partial charge on any atom is 0.325 e. The van der Waals surface area contributed by atoms with E-state index in [2.05, 4.69) is 9.72 Å². The maximum absolute atomic E-state index is 13.0. The zero-order valence-electron chi connectivity index (χ0n) is 15.1. The molecule has 2 amide bonds. The highest BCUT2D eigenvalue weighted by atomic mass is 16.5. The van der Waals surface area contributed by atoms with Crippen molar-refractivity contribution in [2.75, 3.05) is 26.7 Å². The largest absolute Gasteiger partial charge is 0.468 e. The van der Waals surface area contributed by atoms with Gasteiger partial charge in [0.1, 0.15) is 18.6 Å². The summed E-state index contributed by atoms with van der Waals surface area (Å²) in [7, 11) is 1.28. The third kappa shape index (κ3) is 3.14. The van der Waals surface area contributed by atoms with Gasteiger partial charge in [-0.1, -0.05) is 12.1 Å². The highest BCUT2D eigenvalue weighted by Gasteiger charge is 2.37. The fourth-order valence-corrected chi connectivity index (χ4v) is 3.25. The van der Waals surface area contributed by atoms with Gasteiger partial charge in [0.15, 0.2) is 0 Å². The van der Waals surface area contributed by atoms with Crippen LogP contribution in [0.25, 0.3) is 11.0 Å².